The van der Waals surface area contributed by atoms with E-state index in [0.29, 0.717) is 6.42 Å². The van der Waals surface area contributed by atoms with Gasteiger partial charge in [0, 0.05) is 6.54 Å². The van der Waals surface area contributed by atoms with E-state index < -0.39 is 21.4 Å². The van der Waals surface area contributed by atoms with Crippen LogP contribution < -0.4 is 10.6 Å². The average Bonchev–Trinajstić information content (AvgIpc) is 2.71. The molecule has 0 saturated carbocycles. The molecule has 1 fully saturated rings. The minimum Gasteiger partial charge on any atom is -0.348 e. The van der Waals surface area contributed by atoms with Gasteiger partial charge in [-0.15, -0.1) is 0 Å². The quantitative estimate of drug-likeness (QED) is 0.837. The minimum absolute atomic E-state index is 0.0279. The van der Waals surface area contributed by atoms with Crippen LogP contribution in [0.4, 0.5) is 0 Å². The zero-order chi connectivity index (χ0) is 15.1. The number of sulfone groups is 1. The van der Waals surface area contributed by atoms with Gasteiger partial charge in [0.1, 0.15) is 6.04 Å². The molecule has 5 nitrogen and oxygen atoms in total. The van der Waals surface area contributed by atoms with Crippen LogP contribution in [0.15, 0.2) is 24.3 Å². The van der Waals surface area contributed by atoms with Crippen LogP contribution in [-0.4, -0.2) is 37.9 Å². The molecule has 21 heavy (non-hydrogen) atoms. The zero-order valence-electron chi connectivity index (χ0n) is 12.1. The predicted octanol–water partition coefficient (Wildman–Crippen LogP) is 0.567. The Hall–Kier alpha value is -1.40. The van der Waals surface area contributed by atoms with Gasteiger partial charge in [-0.05, 0) is 30.9 Å². The monoisotopic (exact) mass is 308 g/mol. The van der Waals surface area contributed by atoms with E-state index in [9.17, 15) is 13.2 Å². The van der Waals surface area contributed by atoms with E-state index in [-0.39, 0.29) is 17.4 Å². The van der Waals surface area contributed by atoms with Gasteiger partial charge < -0.3 is 10.6 Å². The van der Waals surface area contributed by atoms with Crippen molar-refractivity contribution in [3.8, 4) is 0 Å². The summed E-state index contributed by atoms with van der Waals surface area (Å²) in [6, 6.07) is 7.50. The summed E-state index contributed by atoms with van der Waals surface area (Å²) >= 11 is 0. The second-order valence-electron chi connectivity index (χ2n) is 6.23. The Morgan fingerprint density at radius 1 is 1.38 bits per heavy atom. The van der Waals surface area contributed by atoms with Crippen LogP contribution in [-0.2, 0) is 21.1 Å². The maximum atomic E-state index is 12.6. The fourth-order valence-corrected chi connectivity index (χ4v) is 5.31. The lowest BCUT2D eigenvalue weighted by atomic mass is 9.92. The maximum absolute atomic E-state index is 12.6. The van der Waals surface area contributed by atoms with E-state index >= 15 is 0 Å². The number of nitrogens with one attached hydrogen (secondary N) is 2. The highest BCUT2D eigenvalue weighted by atomic mass is 32.2. The zero-order valence-corrected chi connectivity index (χ0v) is 12.9. The molecule has 1 aromatic carbocycles. The summed E-state index contributed by atoms with van der Waals surface area (Å²) in [5.74, 6) is 0.0419. The Balaban J connectivity index is 1.78. The van der Waals surface area contributed by atoms with Gasteiger partial charge in [0.25, 0.3) is 0 Å². The Morgan fingerprint density at radius 3 is 2.86 bits per heavy atom. The molecule has 6 heteroatoms. The first kappa shape index (κ1) is 14.5. The van der Waals surface area contributed by atoms with Gasteiger partial charge in [-0.1, -0.05) is 24.3 Å². The summed E-state index contributed by atoms with van der Waals surface area (Å²) in [7, 11) is -3.03. The molecule has 1 saturated heterocycles. The Bertz CT molecular complexity index is 671. The Labute approximate surface area is 125 Å². The summed E-state index contributed by atoms with van der Waals surface area (Å²) in [6.45, 7) is 2.56. The minimum atomic E-state index is -3.03. The van der Waals surface area contributed by atoms with Crippen molar-refractivity contribution in [2.75, 3.05) is 18.1 Å². The number of carbonyl (C=O) groups excluding carboxylic acids is 1. The molecule has 2 aliphatic heterocycles. The molecule has 0 bridgehead atoms. The van der Waals surface area contributed by atoms with Gasteiger partial charge in [-0.3, -0.25) is 4.79 Å². The van der Waals surface area contributed by atoms with E-state index in [1.54, 1.807) is 0 Å². The molecule has 1 amide bonds. The van der Waals surface area contributed by atoms with Crippen LogP contribution in [0, 0.1) is 0 Å². The summed E-state index contributed by atoms with van der Waals surface area (Å²) in [5, 5.41) is 6.17. The molecule has 0 aliphatic carbocycles. The first-order chi connectivity index (χ1) is 9.89. The highest BCUT2D eigenvalue weighted by Gasteiger charge is 2.41. The second-order valence-corrected chi connectivity index (χ2v) is 8.41. The first-order valence-electron chi connectivity index (χ1n) is 7.22. The topological polar surface area (TPSA) is 75.3 Å². The smallest absolute Gasteiger partial charge is 0.242 e. The highest BCUT2D eigenvalue weighted by Crippen LogP contribution is 2.26. The van der Waals surface area contributed by atoms with E-state index in [0.717, 1.165) is 18.5 Å². The molecule has 2 atom stereocenters. The van der Waals surface area contributed by atoms with Crippen molar-refractivity contribution in [1.29, 1.82) is 0 Å². The van der Waals surface area contributed by atoms with Crippen molar-refractivity contribution >= 4 is 15.7 Å². The number of benzene rings is 1. The van der Waals surface area contributed by atoms with Crippen LogP contribution in [0.25, 0.3) is 0 Å². The summed E-state index contributed by atoms with van der Waals surface area (Å²) in [6.07, 6.45) is 1.39. The molecule has 0 spiro atoms. The lowest BCUT2D eigenvalue weighted by Gasteiger charge is -2.30. The lowest BCUT2D eigenvalue weighted by molar-refractivity contribution is -0.125. The number of carbonyl (C=O) groups is 1. The average molecular weight is 308 g/mol. The molecule has 2 aliphatic rings. The maximum Gasteiger partial charge on any atom is 0.242 e. The van der Waals surface area contributed by atoms with E-state index in [2.05, 4.69) is 10.6 Å². The van der Waals surface area contributed by atoms with Crippen molar-refractivity contribution in [3.05, 3.63) is 35.4 Å². The van der Waals surface area contributed by atoms with Crippen LogP contribution in [0.2, 0.25) is 0 Å². The molecule has 2 heterocycles. The third-order valence-electron chi connectivity index (χ3n) is 4.30. The standard InChI is InChI=1S/C15H20N2O3S/c1-15(7-9-21(19,20)10-15)17-14(18)13-12-5-3-2-4-11(12)6-8-16-13/h2-5,13,16H,6-10H2,1H3,(H,17,18). The van der Waals surface area contributed by atoms with Crippen molar-refractivity contribution in [3.63, 3.8) is 0 Å². The largest absolute Gasteiger partial charge is 0.348 e. The SMILES string of the molecule is CC1(NC(=O)C2NCCc3ccccc32)CCS(=O)(=O)C1. The van der Waals surface area contributed by atoms with Crippen molar-refractivity contribution in [2.24, 2.45) is 0 Å². The third-order valence-corrected chi connectivity index (χ3v) is 6.20. The van der Waals surface area contributed by atoms with Gasteiger partial charge in [-0.25, -0.2) is 8.42 Å². The van der Waals surface area contributed by atoms with Gasteiger partial charge in [-0.2, -0.15) is 0 Å². The number of rotatable bonds is 2. The molecule has 1 aromatic rings. The van der Waals surface area contributed by atoms with Gasteiger partial charge in [0.2, 0.25) is 5.91 Å². The van der Waals surface area contributed by atoms with Crippen molar-refractivity contribution in [1.82, 2.24) is 10.6 Å². The van der Waals surface area contributed by atoms with Crippen LogP contribution >= 0.6 is 0 Å². The van der Waals surface area contributed by atoms with Crippen LogP contribution in [0.1, 0.15) is 30.5 Å². The second kappa shape index (κ2) is 5.10. The normalized spacial score (nSPS) is 30.6. The van der Waals surface area contributed by atoms with Crippen LogP contribution in [0.3, 0.4) is 0 Å². The number of fused-ring (bicyclic) bond motifs is 1. The molecular formula is C15H20N2O3S. The van der Waals surface area contributed by atoms with Gasteiger partial charge in [0.05, 0.1) is 17.0 Å². The number of hydrogen-bond acceptors (Lipinski definition) is 4. The highest BCUT2D eigenvalue weighted by molar-refractivity contribution is 7.91. The number of amides is 1. The fraction of sp³-hybridized carbons (Fsp3) is 0.533. The molecule has 0 radical (unpaired) electrons. The molecule has 114 valence electrons. The predicted molar refractivity (Wildman–Crippen MR) is 80.7 cm³/mol. The van der Waals surface area contributed by atoms with Crippen molar-refractivity contribution < 1.29 is 13.2 Å². The Kier molecular flexibility index (Phi) is 3.53. The van der Waals surface area contributed by atoms with Crippen LogP contribution in [0.5, 0.6) is 0 Å². The lowest BCUT2D eigenvalue weighted by Crippen LogP contribution is -2.51. The summed E-state index contributed by atoms with van der Waals surface area (Å²) in [5.41, 5.74) is 1.52. The van der Waals surface area contributed by atoms with Crippen molar-refractivity contribution in [2.45, 2.75) is 31.3 Å². The van der Waals surface area contributed by atoms with Gasteiger partial charge >= 0.3 is 0 Å². The number of hydrogen-bond donors (Lipinski definition) is 2. The molecule has 3 rings (SSSR count). The van der Waals surface area contributed by atoms with Gasteiger partial charge in [0.15, 0.2) is 9.84 Å². The summed E-state index contributed by atoms with van der Waals surface area (Å²) in [4.78, 5) is 12.6. The Morgan fingerprint density at radius 2 is 2.14 bits per heavy atom. The third kappa shape index (κ3) is 2.96. The molecular weight excluding hydrogens is 288 g/mol. The molecule has 2 unspecified atom stereocenters. The molecule has 0 aromatic heterocycles. The van der Waals surface area contributed by atoms with E-state index in [1.165, 1.54) is 5.56 Å². The summed E-state index contributed by atoms with van der Waals surface area (Å²) < 4.78 is 23.3. The first-order valence-corrected chi connectivity index (χ1v) is 9.04. The fourth-order valence-electron chi connectivity index (χ4n) is 3.22. The van der Waals surface area contributed by atoms with E-state index in [1.807, 2.05) is 31.2 Å². The molecule has 2 N–H and O–H groups in total. The van der Waals surface area contributed by atoms with E-state index in [4.69, 9.17) is 0 Å².